The second-order valence-electron chi connectivity index (χ2n) is 5.05. The van der Waals surface area contributed by atoms with Gasteiger partial charge in [0.25, 0.3) is 0 Å². The maximum absolute atomic E-state index is 12.5. The van der Waals surface area contributed by atoms with Crippen LogP contribution >= 0.6 is 11.3 Å². The molecule has 1 atom stereocenters. The molecule has 24 heavy (non-hydrogen) atoms. The van der Waals surface area contributed by atoms with Crippen LogP contribution in [0.1, 0.15) is 21.4 Å². The molecule has 1 aromatic heterocycles. The molecule has 4 nitrogen and oxygen atoms in total. The third-order valence-electron chi connectivity index (χ3n) is 3.31. The summed E-state index contributed by atoms with van der Waals surface area (Å²) in [7, 11) is -2.46. The van der Waals surface area contributed by atoms with Crippen molar-refractivity contribution in [1.82, 2.24) is 4.72 Å². The summed E-state index contributed by atoms with van der Waals surface area (Å²) in [6.07, 6.45) is -4.97. The van der Waals surface area contributed by atoms with E-state index >= 15 is 0 Å². The van der Waals surface area contributed by atoms with Crippen LogP contribution in [0, 0.1) is 6.92 Å². The molecule has 0 saturated carbocycles. The fourth-order valence-electron chi connectivity index (χ4n) is 2.02. The maximum Gasteiger partial charge on any atom is 0.416 e. The van der Waals surface area contributed by atoms with E-state index in [-0.39, 0.29) is 11.4 Å². The molecule has 2 aromatic rings. The Morgan fingerprint density at radius 1 is 1.17 bits per heavy atom. The van der Waals surface area contributed by atoms with Crippen molar-refractivity contribution in [3.8, 4) is 0 Å². The Hall–Kier alpha value is -1.42. The molecule has 132 valence electrons. The second-order valence-corrected chi connectivity index (χ2v) is 8.13. The van der Waals surface area contributed by atoms with Gasteiger partial charge in [-0.3, -0.25) is 0 Å². The van der Waals surface area contributed by atoms with E-state index in [1.807, 2.05) is 19.1 Å². The molecule has 0 spiro atoms. The van der Waals surface area contributed by atoms with Crippen LogP contribution < -0.4 is 4.72 Å². The quantitative estimate of drug-likeness (QED) is 0.832. The first kappa shape index (κ1) is 18.9. The highest BCUT2D eigenvalue weighted by Gasteiger charge is 2.30. The van der Waals surface area contributed by atoms with E-state index in [1.165, 1.54) is 18.4 Å². The number of alkyl halides is 3. The van der Waals surface area contributed by atoms with Crippen LogP contribution in [0.3, 0.4) is 0 Å². The van der Waals surface area contributed by atoms with Crippen molar-refractivity contribution < 1.29 is 26.3 Å². The molecule has 1 N–H and O–H groups in total. The highest BCUT2D eigenvalue weighted by atomic mass is 32.2. The zero-order valence-electron chi connectivity index (χ0n) is 12.9. The second kappa shape index (κ2) is 7.22. The average Bonchev–Trinajstić information content (AvgIpc) is 2.93. The summed E-state index contributed by atoms with van der Waals surface area (Å²) in [5.41, 5.74) is -0.898. The molecule has 0 radical (unpaired) electrons. The lowest BCUT2D eigenvalue weighted by molar-refractivity contribution is -0.137. The molecule has 0 amide bonds. The van der Waals surface area contributed by atoms with Gasteiger partial charge in [0, 0.05) is 23.4 Å². The molecule has 0 aliphatic heterocycles. The number of ether oxygens (including phenoxy) is 1. The van der Waals surface area contributed by atoms with Gasteiger partial charge in [-0.25, -0.2) is 13.1 Å². The summed E-state index contributed by atoms with van der Waals surface area (Å²) in [5, 5.41) is 0. The van der Waals surface area contributed by atoms with E-state index in [4.69, 9.17) is 4.74 Å². The summed E-state index contributed by atoms with van der Waals surface area (Å²) < 4.78 is 69.6. The van der Waals surface area contributed by atoms with Crippen LogP contribution in [-0.4, -0.2) is 22.1 Å². The molecule has 0 saturated heterocycles. The number of hydrogen-bond donors (Lipinski definition) is 1. The van der Waals surface area contributed by atoms with Crippen LogP contribution in [0.2, 0.25) is 0 Å². The molecule has 9 heteroatoms. The van der Waals surface area contributed by atoms with Gasteiger partial charge >= 0.3 is 6.18 Å². The first-order chi connectivity index (χ1) is 11.1. The highest BCUT2D eigenvalue weighted by Crippen LogP contribution is 2.30. The summed E-state index contributed by atoms with van der Waals surface area (Å²) in [6.45, 7) is 1.91. The van der Waals surface area contributed by atoms with E-state index in [0.29, 0.717) is 0 Å². The van der Waals surface area contributed by atoms with Gasteiger partial charge in [0.2, 0.25) is 10.0 Å². The molecule has 2 rings (SSSR count). The molecular weight excluding hydrogens is 363 g/mol. The minimum absolute atomic E-state index is 0.0141. The summed E-state index contributed by atoms with van der Waals surface area (Å²) >= 11 is 1.49. The van der Waals surface area contributed by atoms with Gasteiger partial charge in [-0.1, -0.05) is 0 Å². The Morgan fingerprint density at radius 2 is 1.79 bits per heavy atom. The predicted octanol–water partition coefficient (Wildman–Crippen LogP) is 3.74. The number of nitrogens with one attached hydrogen (secondary N) is 1. The number of benzene rings is 1. The van der Waals surface area contributed by atoms with Gasteiger partial charge in [-0.15, -0.1) is 11.3 Å². The molecule has 1 aromatic carbocycles. The van der Waals surface area contributed by atoms with Crippen molar-refractivity contribution in [2.24, 2.45) is 0 Å². The van der Waals surface area contributed by atoms with Crippen molar-refractivity contribution in [3.63, 3.8) is 0 Å². The largest absolute Gasteiger partial charge is 0.416 e. The van der Waals surface area contributed by atoms with Crippen molar-refractivity contribution in [3.05, 3.63) is 51.7 Å². The average molecular weight is 379 g/mol. The van der Waals surface area contributed by atoms with Crippen LogP contribution in [0.4, 0.5) is 13.2 Å². The molecule has 0 aliphatic rings. The SMILES string of the molecule is COC(CNS(=O)(=O)c1ccc(C(F)(F)F)cc1)c1ccc(C)s1. The van der Waals surface area contributed by atoms with E-state index < -0.39 is 27.9 Å². The lowest BCUT2D eigenvalue weighted by atomic mass is 10.2. The highest BCUT2D eigenvalue weighted by molar-refractivity contribution is 7.89. The Morgan fingerprint density at radius 3 is 2.25 bits per heavy atom. The lowest BCUT2D eigenvalue weighted by Crippen LogP contribution is -2.29. The van der Waals surface area contributed by atoms with Gasteiger partial charge in [0.05, 0.1) is 10.5 Å². The van der Waals surface area contributed by atoms with Crippen LogP contribution in [-0.2, 0) is 20.9 Å². The smallest absolute Gasteiger partial charge is 0.375 e. The first-order valence-electron chi connectivity index (χ1n) is 6.89. The van der Waals surface area contributed by atoms with Gasteiger partial charge in [-0.05, 0) is 43.3 Å². The Balaban J connectivity index is 2.10. The molecule has 1 unspecified atom stereocenters. The zero-order chi connectivity index (χ0) is 18.0. The van der Waals surface area contributed by atoms with Gasteiger partial charge in [-0.2, -0.15) is 13.2 Å². The molecule has 0 fully saturated rings. The third-order valence-corrected chi connectivity index (χ3v) is 5.85. The number of thiophene rings is 1. The third kappa shape index (κ3) is 4.56. The van der Waals surface area contributed by atoms with E-state index in [9.17, 15) is 21.6 Å². The van der Waals surface area contributed by atoms with Crippen molar-refractivity contribution >= 4 is 21.4 Å². The number of hydrogen-bond acceptors (Lipinski definition) is 4. The van der Waals surface area contributed by atoms with Crippen LogP contribution in [0.5, 0.6) is 0 Å². The van der Waals surface area contributed by atoms with E-state index in [1.54, 1.807) is 0 Å². The fraction of sp³-hybridized carbons (Fsp3) is 0.333. The van der Waals surface area contributed by atoms with Crippen molar-refractivity contribution in [2.45, 2.75) is 24.1 Å². The monoisotopic (exact) mass is 379 g/mol. The van der Waals surface area contributed by atoms with Crippen LogP contribution in [0.25, 0.3) is 0 Å². The predicted molar refractivity (Wildman–Crippen MR) is 85.4 cm³/mol. The standard InChI is InChI=1S/C15H16F3NO3S2/c1-10-3-8-14(23-10)13(22-2)9-19-24(20,21)12-6-4-11(5-7-12)15(16,17)18/h3-8,13,19H,9H2,1-2H3. The topological polar surface area (TPSA) is 55.4 Å². The summed E-state index contributed by atoms with van der Waals surface area (Å²) in [5.74, 6) is 0. The van der Waals surface area contributed by atoms with Crippen molar-refractivity contribution in [2.75, 3.05) is 13.7 Å². The van der Waals surface area contributed by atoms with Gasteiger partial charge < -0.3 is 4.74 Å². The van der Waals surface area contributed by atoms with Gasteiger partial charge in [0.1, 0.15) is 6.10 Å². The Kier molecular flexibility index (Phi) is 5.69. The van der Waals surface area contributed by atoms with Crippen LogP contribution in [0.15, 0.2) is 41.3 Å². The maximum atomic E-state index is 12.5. The fourth-order valence-corrected chi connectivity index (χ4v) is 4.01. The van der Waals surface area contributed by atoms with Crippen molar-refractivity contribution in [1.29, 1.82) is 0 Å². The number of rotatable bonds is 6. The van der Waals surface area contributed by atoms with E-state index in [2.05, 4.69) is 4.72 Å². The number of aryl methyl sites for hydroxylation is 1. The summed E-state index contributed by atoms with van der Waals surface area (Å²) in [6, 6.07) is 7.09. The molecular formula is C15H16F3NO3S2. The summed E-state index contributed by atoms with van der Waals surface area (Å²) in [4.78, 5) is 1.70. The molecule has 0 aliphatic carbocycles. The number of halogens is 3. The Bertz CT molecular complexity index is 783. The van der Waals surface area contributed by atoms with E-state index in [0.717, 1.165) is 34.0 Å². The minimum Gasteiger partial charge on any atom is -0.375 e. The normalized spacial score (nSPS) is 13.9. The van der Waals surface area contributed by atoms with Gasteiger partial charge in [0.15, 0.2) is 0 Å². The lowest BCUT2D eigenvalue weighted by Gasteiger charge is -2.15. The number of sulfonamides is 1. The molecule has 1 heterocycles. The minimum atomic E-state index is -4.51. The zero-order valence-corrected chi connectivity index (χ0v) is 14.6. The Labute approximate surface area is 142 Å². The molecule has 0 bridgehead atoms. The first-order valence-corrected chi connectivity index (χ1v) is 9.19. The number of methoxy groups -OCH3 is 1.